The molecule has 0 bridgehead atoms. The summed E-state index contributed by atoms with van der Waals surface area (Å²) in [5, 5.41) is 2.19. The number of para-hydroxylation sites is 2. The minimum Gasteiger partial charge on any atom is -0.335 e. The smallest absolute Gasteiger partial charge is 0.265 e. The van der Waals surface area contributed by atoms with E-state index >= 15 is 0 Å². The van der Waals surface area contributed by atoms with E-state index in [0.29, 0.717) is 13.0 Å². The molecule has 0 saturated heterocycles. The van der Waals surface area contributed by atoms with Crippen LogP contribution in [0.5, 0.6) is 0 Å². The average Bonchev–Trinajstić information content (AvgIpc) is 3.13. The number of fused-ring (bicyclic) bond motifs is 2. The zero-order chi connectivity index (χ0) is 19.0. The van der Waals surface area contributed by atoms with Gasteiger partial charge in [0, 0.05) is 17.5 Å². The third-order valence-corrected chi connectivity index (χ3v) is 7.52. The van der Waals surface area contributed by atoms with Gasteiger partial charge in [-0.25, -0.2) is 0 Å². The molecule has 0 atom stereocenters. The maximum Gasteiger partial charge on any atom is 0.265 e. The fourth-order valence-electron chi connectivity index (χ4n) is 3.15. The van der Waals surface area contributed by atoms with Gasteiger partial charge < -0.3 is 4.90 Å². The van der Waals surface area contributed by atoms with Crippen molar-refractivity contribution >= 4 is 55.2 Å². The van der Waals surface area contributed by atoms with E-state index in [4.69, 9.17) is 4.55 Å². The van der Waals surface area contributed by atoms with Gasteiger partial charge in [-0.2, -0.15) is 13.0 Å². The Morgan fingerprint density at radius 3 is 2.67 bits per heavy atom. The van der Waals surface area contributed by atoms with Gasteiger partial charge in [-0.1, -0.05) is 47.4 Å². The summed E-state index contributed by atoms with van der Waals surface area (Å²) in [6, 6.07) is 16.4. The van der Waals surface area contributed by atoms with Crippen LogP contribution in [0.1, 0.15) is 11.4 Å². The lowest BCUT2D eigenvalue weighted by Gasteiger charge is -2.19. The second-order valence-corrected chi connectivity index (χ2v) is 10.0. The molecule has 0 aliphatic carbocycles. The molecule has 0 amide bonds. The Morgan fingerprint density at radius 1 is 1.15 bits per heavy atom. The summed E-state index contributed by atoms with van der Waals surface area (Å²) in [4.78, 5) is 3.29. The second kappa shape index (κ2) is 7.27. The number of anilines is 1. The van der Waals surface area contributed by atoms with Crippen molar-refractivity contribution in [3.63, 3.8) is 0 Å². The van der Waals surface area contributed by atoms with Crippen molar-refractivity contribution in [2.75, 3.05) is 17.2 Å². The van der Waals surface area contributed by atoms with Crippen LogP contribution in [0.15, 0.2) is 58.5 Å². The molecule has 0 radical (unpaired) electrons. The van der Waals surface area contributed by atoms with E-state index in [1.54, 1.807) is 23.1 Å². The largest absolute Gasteiger partial charge is 0.335 e. The van der Waals surface area contributed by atoms with Gasteiger partial charge in [0.2, 0.25) is 5.52 Å². The van der Waals surface area contributed by atoms with E-state index in [1.807, 2.05) is 30.3 Å². The van der Waals surface area contributed by atoms with Crippen LogP contribution < -0.4 is 9.47 Å². The lowest BCUT2D eigenvalue weighted by molar-refractivity contribution is -0.642. The molecule has 0 saturated carbocycles. The van der Waals surface area contributed by atoms with Crippen molar-refractivity contribution in [2.24, 2.45) is 7.05 Å². The number of thioether (sulfide) groups is 1. The fraction of sp³-hybridized carbons (Fsp3) is 0.211. The van der Waals surface area contributed by atoms with E-state index < -0.39 is 10.1 Å². The van der Waals surface area contributed by atoms with Gasteiger partial charge in [0.1, 0.15) is 11.7 Å². The Labute approximate surface area is 166 Å². The van der Waals surface area contributed by atoms with Gasteiger partial charge in [0.15, 0.2) is 0 Å². The van der Waals surface area contributed by atoms with Crippen molar-refractivity contribution in [2.45, 2.75) is 11.3 Å². The van der Waals surface area contributed by atoms with Crippen molar-refractivity contribution in [3.8, 4) is 0 Å². The predicted octanol–water partition coefficient (Wildman–Crippen LogP) is 3.91. The monoisotopic (exact) mass is 419 g/mol. The van der Waals surface area contributed by atoms with E-state index in [-0.39, 0.29) is 5.75 Å². The number of hydrogen-bond acceptors (Lipinski definition) is 5. The average molecular weight is 420 g/mol. The van der Waals surface area contributed by atoms with Gasteiger partial charge in [0.25, 0.3) is 15.1 Å². The molecule has 2 aromatic carbocycles. The zero-order valence-corrected chi connectivity index (χ0v) is 17.1. The van der Waals surface area contributed by atoms with Gasteiger partial charge in [0.05, 0.1) is 22.5 Å². The van der Waals surface area contributed by atoms with Gasteiger partial charge in [-0.15, -0.1) is 0 Å². The highest BCUT2D eigenvalue weighted by Crippen LogP contribution is 2.46. The third kappa shape index (κ3) is 3.89. The standard InChI is InChI=1S/C19H18N2O3S3/c1-20-14-7-2-4-9-16(14)25-18(20)13-19-21(11-6-12-27(22,23)24)15-8-3-5-10-17(15)26-19/h2-5,7-10,13H,6,11-12H2,1H3/p+1. The number of aryl methyl sites for hydroxylation is 1. The number of hydrogen-bond donors (Lipinski definition) is 1. The molecular weight excluding hydrogens is 400 g/mol. The van der Waals surface area contributed by atoms with Crippen LogP contribution in [0.4, 0.5) is 5.69 Å². The van der Waals surface area contributed by atoms with Crippen LogP contribution in [-0.4, -0.2) is 25.3 Å². The summed E-state index contributed by atoms with van der Waals surface area (Å²) in [5.74, 6) is -0.236. The molecule has 1 aliphatic heterocycles. The number of thiazole rings is 1. The molecule has 140 valence electrons. The minimum atomic E-state index is -3.95. The summed E-state index contributed by atoms with van der Waals surface area (Å²) in [7, 11) is -1.89. The molecule has 8 heteroatoms. The summed E-state index contributed by atoms with van der Waals surface area (Å²) >= 11 is 3.41. The molecule has 0 fully saturated rings. The van der Waals surface area contributed by atoms with Crippen molar-refractivity contribution in [1.29, 1.82) is 0 Å². The normalized spacial score (nSPS) is 15.6. The quantitative estimate of drug-likeness (QED) is 0.502. The zero-order valence-electron chi connectivity index (χ0n) is 14.7. The summed E-state index contributed by atoms with van der Waals surface area (Å²) in [6.45, 7) is 0.532. The first-order chi connectivity index (χ1) is 12.9. The highest BCUT2D eigenvalue weighted by Gasteiger charge is 2.27. The van der Waals surface area contributed by atoms with Crippen LogP contribution in [0, 0.1) is 0 Å². The molecule has 1 aliphatic rings. The number of nitrogens with zero attached hydrogens (tertiary/aromatic N) is 2. The van der Waals surface area contributed by atoms with Crippen LogP contribution in [0.3, 0.4) is 0 Å². The summed E-state index contributed by atoms with van der Waals surface area (Å²) in [5.41, 5.74) is 2.26. The topological polar surface area (TPSA) is 61.5 Å². The number of benzene rings is 2. The molecule has 5 nitrogen and oxygen atoms in total. The van der Waals surface area contributed by atoms with Gasteiger partial charge in [-0.3, -0.25) is 4.55 Å². The Bertz CT molecular complexity index is 1140. The number of aromatic nitrogens is 1. The van der Waals surface area contributed by atoms with Gasteiger partial charge in [-0.05, 0) is 24.6 Å². The van der Waals surface area contributed by atoms with Crippen LogP contribution in [0.2, 0.25) is 0 Å². The maximum absolute atomic E-state index is 11.1. The first kappa shape index (κ1) is 18.5. The van der Waals surface area contributed by atoms with E-state index in [9.17, 15) is 8.42 Å². The molecule has 3 aromatic rings. The molecule has 0 unspecified atom stereocenters. The predicted molar refractivity (Wildman–Crippen MR) is 112 cm³/mol. The van der Waals surface area contributed by atoms with Crippen LogP contribution in [-0.2, 0) is 17.2 Å². The van der Waals surface area contributed by atoms with Gasteiger partial charge >= 0.3 is 0 Å². The maximum atomic E-state index is 11.1. The second-order valence-electron chi connectivity index (χ2n) is 6.31. The molecule has 0 spiro atoms. The van der Waals surface area contributed by atoms with E-state index in [0.717, 1.165) is 20.6 Å². The molecule has 1 aromatic heterocycles. The molecule has 2 heterocycles. The van der Waals surface area contributed by atoms with E-state index in [1.165, 1.54) is 10.2 Å². The Hall–Kier alpha value is -1.87. The Morgan fingerprint density at radius 2 is 1.89 bits per heavy atom. The number of rotatable bonds is 5. The lowest BCUT2D eigenvalue weighted by Crippen LogP contribution is -2.29. The molecular formula is C19H19N2O3S3+. The molecule has 1 N–H and O–H groups in total. The van der Waals surface area contributed by atoms with Crippen LogP contribution in [0.25, 0.3) is 16.3 Å². The Balaban J connectivity index is 1.69. The molecule has 4 rings (SSSR count). The van der Waals surface area contributed by atoms with Crippen molar-refractivity contribution < 1.29 is 17.5 Å². The van der Waals surface area contributed by atoms with Crippen molar-refractivity contribution in [1.82, 2.24) is 0 Å². The molecule has 27 heavy (non-hydrogen) atoms. The minimum absolute atomic E-state index is 0.236. The highest BCUT2D eigenvalue weighted by molar-refractivity contribution is 8.03. The van der Waals surface area contributed by atoms with Crippen molar-refractivity contribution in [3.05, 3.63) is 58.6 Å². The summed E-state index contributed by atoms with van der Waals surface area (Å²) < 4.78 is 34.6. The first-order valence-electron chi connectivity index (χ1n) is 8.51. The van der Waals surface area contributed by atoms with Crippen LogP contribution >= 0.6 is 23.1 Å². The Kier molecular flexibility index (Phi) is 4.98. The summed E-state index contributed by atoms with van der Waals surface area (Å²) in [6.07, 6.45) is 2.52. The lowest BCUT2D eigenvalue weighted by atomic mass is 10.3. The fourth-order valence-corrected chi connectivity index (χ4v) is 5.93. The SMILES string of the molecule is C[n+]1c(/C=C2/Sc3ccccc3N2CCCS(=O)(=O)O)sc2ccccc21. The first-order valence-corrected chi connectivity index (χ1v) is 11.8. The third-order valence-electron chi connectivity index (χ3n) is 4.44. The highest BCUT2D eigenvalue weighted by atomic mass is 32.2. The van der Waals surface area contributed by atoms with E-state index in [2.05, 4.69) is 40.8 Å².